The molecule has 2 saturated heterocycles. The minimum Gasteiger partial charge on any atom is -0.378 e. The number of nitrogens with zero attached hydrogens (tertiary/aromatic N) is 2. The van der Waals surface area contributed by atoms with E-state index in [1.165, 1.54) is 18.4 Å². The van der Waals surface area contributed by atoms with Crippen molar-refractivity contribution in [2.45, 2.75) is 38.2 Å². The Morgan fingerprint density at radius 2 is 1.92 bits per heavy atom. The molecule has 3 rings (SSSR count). The van der Waals surface area contributed by atoms with Crippen LogP contribution in [0.2, 0.25) is 0 Å². The first-order chi connectivity index (χ1) is 12.3. The summed E-state index contributed by atoms with van der Waals surface area (Å²) in [4.78, 5) is 16.7. The monoisotopic (exact) mass is 345 g/mol. The number of hydrogen-bond donors (Lipinski definition) is 1. The van der Waals surface area contributed by atoms with Gasteiger partial charge in [0.1, 0.15) is 0 Å². The number of rotatable bonds is 6. The molecular formula is C20H31N3O2. The maximum Gasteiger partial charge on any atom is 0.317 e. The second-order valence-electron chi connectivity index (χ2n) is 7.07. The van der Waals surface area contributed by atoms with Crippen LogP contribution in [0.25, 0.3) is 0 Å². The van der Waals surface area contributed by atoms with Crippen LogP contribution in [0.15, 0.2) is 30.3 Å². The van der Waals surface area contributed by atoms with Gasteiger partial charge >= 0.3 is 6.03 Å². The minimum atomic E-state index is 0.0820. The quantitative estimate of drug-likeness (QED) is 0.862. The third-order valence-corrected chi connectivity index (χ3v) is 5.24. The average Bonchev–Trinajstić information content (AvgIpc) is 2.68. The van der Waals surface area contributed by atoms with Gasteiger partial charge in [-0.05, 0) is 37.7 Å². The molecule has 5 nitrogen and oxygen atoms in total. The van der Waals surface area contributed by atoms with E-state index in [1.807, 2.05) is 4.90 Å². The minimum absolute atomic E-state index is 0.0820. The molecule has 0 aliphatic carbocycles. The highest BCUT2D eigenvalue weighted by molar-refractivity contribution is 5.74. The van der Waals surface area contributed by atoms with Crippen LogP contribution in [-0.2, 0) is 11.2 Å². The van der Waals surface area contributed by atoms with Crippen molar-refractivity contribution in [1.29, 1.82) is 0 Å². The molecule has 2 fully saturated rings. The predicted molar refractivity (Wildman–Crippen MR) is 99.8 cm³/mol. The van der Waals surface area contributed by atoms with Gasteiger partial charge < -0.3 is 15.0 Å². The van der Waals surface area contributed by atoms with E-state index in [-0.39, 0.29) is 6.03 Å². The van der Waals surface area contributed by atoms with E-state index in [9.17, 15) is 4.79 Å². The lowest BCUT2D eigenvalue weighted by Crippen LogP contribution is -2.52. The third kappa shape index (κ3) is 6.01. The van der Waals surface area contributed by atoms with E-state index in [1.54, 1.807) is 0 Å². The standard InChI is InChI=1S/C20H31N3O2/c24-20(21-11-9-19-8-4-5-17-25-19)23-15-13-22(14-16-23)12-10-18-6-2-1-3-7-18/h1-3,6-7,19H,4-5,8-17H2,(H,21,24). The number of carbonyl (C=O) groups excluding carboxylic acids is 1. The number of nitrogens with one attached hydrogen (secondary N) is 1. The Bertz CT molecular complexity index is 509. The molecular weight excluding hydrogens is 314 g/mol. The summed E-state index contributed by atoms with van der Waals surface area (Å²) in [7, 11) is 0. The van der Waals surface area contributed by atoms with Gasteiger partial charge in [-0.15, -0.1) is 0 Å². The number of piperazine rings is 1. The smallest absolute Gasteiger partial charge is 0.317 e. The molecule has 1 atom stereocenters. The summed E-state index contributed by atoms with van der Waals surface area (Å²) >= 11 is 0. The maximum atomic E-state index is 12.3. The van der Waals surface area contributed by atoms with E-state index in [4.69, 9.17) is 4.74 Å². The fourth-order valence-electron chi connectivity index (χ4n) is 3.59. The summed E-state index contributed by atoms with van der Waals surface area (Å²) in [5.74, 6) is 0. The van der Waals surface area contributed by atoms with Crippen LogP contribution in [0.3, 0.4) is 0 Å². The van der Waals surface area contributed by atoms with E-state index in [0.29, 0.717) is 6.10 Å². The Labute approximate surface area is 151 Å². The molecule has 1 aromatic rings. The second kappa shape index (κ2) is 9.78. The molecule has 0 radical (unpaired) electrons. The fourth-order valence-corrected chi connectivity index (χ4v) is 3.59. The van der Waals surface area contributed by atoms with Crippen LogP contribution in [0.1, 0.15) is 31.2 Å². The SMILES string of the molecule is O=C(NCCC1CCCCO1)N1CCN(CCc2ccccc2)CC1. The average molecular weight is 345 g/mol. The van der Waals surface area contributed by atoms with Crippen molar-refractivity contribution in [3.8, 4) is 0 Å². The Morgan fingerprint density at radius 3 is 2.64 bits per heavy atom. The maximum absolute atomic E-state index is 12.3. The van der Waals surface area contributed by atoms with E-state index in [0.717, 1.165) is 65.1 Å². The van der Waals surface area contributed by atoms with Crippen molar-refractivity contribution in [1.82, 2.24) is 15.1 Å². The van der Waals surface area contributed by atoms with Crippen LogP contribution in [0, 0.1) is 0 Å². The van der Waals surface area contributed by atoms with Gasteiger partial charge in [-0.2, -0.15) is 0 Å². The van der Waals surface area contributed by atoms with Crippen molar-refractivity contribution in [2.24, 2.45) is 0 Å². The fraction of sp³-hybridized carbons (Fsp3) is 0.650. The summed E-state index contributed by atoms with van der Waals surface area (Å²) in [5, 5.41) is 3.06. The normalized spacial score (nSPS) is 21.9. The van der Waals surface area contributed by atoms with Crippen molar-refractivity contribution < 1.29 is 9.53 Å². The Balaban J connectivity index is 1.29. The highest BCUT2D eigenvalue weighted by atomic mass is 16.5. The van der Waals surface area contributed by atoms with E-state index >= 15 is 0 Å². The number of benzene rings is 1. The van der Waals surface area contributed by atoms with Gasteiger partial charge in [-0.3, -0.25) is 4.90 Å². The van der Waals surface area contributed by atoms with Crippen LogP contribution < -0.4 is 5.32 Å². The Hall–Kier alpha value is -1.59. The largest absolute Gasteiger partial charge is 0.378 e. The van der Waals surface area contributed by atoms with Crippen molar-refractivity contribution >= 4 is 6.03 Å². The Kier molecular flexibility index (Phi) is 7.12. The van der Waals surface area contributed by atoms with Crippen molar-refractivity contribution in [3.63, 3.8) is 0 Å². The van der Waals surface area contributed by atoms with Crippen molar-refractivity contribution in [3.05, 3.63) is 35.9 Å². The zero-order chi connectivity index (χ0) is 17.3. The lowest BCUT2D eigenvalue weighted by atomic mass is 10.1. The van der Waals surface area contributed by atoms with Gasteiger partial charge in [0.2, 0.25) is 0 Å². The lowest BCUT2D eigenvalue weighted by Gasteiger charge is -2.34. The van der Waals surface area contributed by atoms with Gasteiger partial charge in [0.05, 0.1) is 6.10 Å². The second-order valence-corrected chi connectivity index (χ2v) is 7.07. The first-order valence-corrected chi connectivity index (χ1v) is 9.72. The number of hydrogen-bond acceptors (Lipinski definition) is 3. The Morgan fingerprint density at radius 1 is 1.12 bits per heavy atom. The molecule has 2 aliphatic heterocycles. The van der Waals surface area contributed by atoms with Gasteiger partial charge in [0.25, 0.3) is 0 Å². The summed E-state index contributed by atoms with van der Waals surface area (Å²) in [6.45, 7) is 6.23. The van der Waals surface area contributed by atoms with E-state index < -0.39 is 0 Å². The first kappa shape index (κ1) is 18.2. The topological polar surface area (TPSA) is 44.8 Å². The van der Waals surface area contributed by atoms with Gasteiger partial charge in [-0.1, -0.05) is 30.3 Å². The van der Waals surface area contributed by atoms with Crippen LogP contribution in [0.5, 0.6) is 0 Å². The zero-order valence-electron chi connectivity index (χ0n) is 15.2. The van der Waals surface area contributed by atoms with Crippen LogP contribution in [-0.4, -0.2) is 67.8 Å². The molecule has 5 heteroatoms. The molecule has 25 heavy (non-hydrogen) atoms. The van der Waals surface area contributed by atoms with Crippen LogP contribution >= 0.6 is 0 Å². The molecule has 138 valence electrons. The zero-order valence-corrected chi connectivity index (χ0v) is 15.2. The van der Waals surface area contributed by atoms with E-state index in [2.05, 4.69) is 40.5 Å². The molecule has 2 aliphatic rings. The summed E-state index contributed by atoms with van der Waals surface area (Å²) < 4.78 is 5.71. The number of urea groups is 1. The highest BCUT2D eigenvalue weighted by Crippen LogP contribution is 2.15. The van der Waals surface area contributed by atoms with Gasteiger partial charge in [0, 0.05) is 45.9 Å². The van der Waals surface area contributed by atoms with Crippen LogP contribution in [0.4, 0.5) is 4.79 Å². The molecule has 1 N–H and O–H groups in total. The highest BCUT2D eigenvalue weighted by Gasteiger charge is 2.21. The summed E-state index contributed by atoms with van der Waals surface area (Å²) in [5.41, 5.74) is 1.38. The lowest BCUT2D eigenvalue weighted by molar-refractivity contribution is 0.0117. The molecule has 0 spiro atoms. The molecule has 2 amide bonds. The molecule has 0 aromatic heterocycles. The van der Waals surface area contributed by atoms with Gasteiger partial charge in [-0.25, -0.2) is 4.79 Å². The van der Waals surface area contributed by atoms with Crippen molar-refractivity contribution in [2.75, 3.05) is 45.9 Å². The molecule has 1 unspecified atom stereocenters. The predicted octanol–water partition coefficient (Wildman–Crippen LogP) is 2.52. The number of carbonyl (C=O) groups is 1. The summed E-state index contributed by atoms with van der Waals surface area (Å²) in [6, 6.07) is 10.7. The first-order valence-electron chi connectivity index (χ1n) is 9.72. The summed E-state index contributed by atoms with van der Waals surface area (Å²) in [6.07, 6.45) is 5.91. The van der Waals surface area contributed by atoms with Gasteiger partial charge in [0.15, 0.2) is 0 Å². The molecule has 0 bridgehead atoms. The molecule has 0 saturated carbocycles. The third-order valence-electron chi connectivity index (χ3n) is 5.24. The molecule has 1 aromatic carbocycles. The number of ether oxygens (including phenoxy) is 1. The molecule has 2 heterocycles. The number of amides is 2.